The van der Waals surface area contributed by atoms with Crippen molar-refractivity contribution in [2.75, 3.05) is 31.5 Å². The van der Waals surface area contributed by atoms with Crippen LogP contribution in [0.2, 0.25) is 0 Å². The fraction of sp³-hybridized carbons (Fsp3) is 0.235. The van der Waals surface area contributed by atoms with Crippen molar-refractivity contribution in [2.45, 2.75) is 0 Å². The molecule has 1 fully saturated rings. The highest BCUT2D eigenvalue weighted by molar-refractivity contribution is 5.91. The molecule has 2 aromatic rings. The molecule has 3 rings (SSSR count). The number of anilines is 1. The lowest BCUT2D eigenvalue weighted by molar-refractivity contribution is 0.204. The van der Waals surface area contributed by atoms with Crippen molar-refractivity contribution in [3.8, 4) is 11.5 Å². The van der Waals surface area contributed by atoms with Crippen molar-refractivity contribution >= 4 is 11.7 Å². The van der Waals surface area contributed by atoms with Gasteiger partial charge in [-0.2, -0.15) is 0 Å². The highest BCUT2D eigenvalue weighted by Gasteiger charge is 2.17. The summed E-state index contributed by atoms with van der Waals surface area (Å²) >= 11 is 0. The normalized spacial score (nSPS) is 14.5. The van der Waals surface area contributed by atoms with E-state index in [-0.39, 0.29) is 6.03 Å². The van der Waals surface area contributed by atoms with Crippen molar-refractivity contribution in [1.82, 2.24) is 10.2 Å². The summed E-state index contributed by atoms with van der Waals surface area (Å²) < 4.78 is 5.85. The van der Waals surface area contributed by atoms with Crippen LogP contribution in [0.1, 0.15) is 0 Å². The SMILES string of the molecule is O=C(Nc1ccccc1Oc1ccccc1)N1CCNCC1. The fourth-order valence-electron chi connectivity index (χ4n) is 2.34. The van der Waals surface area contributed by atoms with Crippen LogP contribution in [0.5, 0.6) is 11.5 Å². The first kappa shape index (κ1) is 14.4. The standard InChI is InChI=1S/C17H19N3O2/c21-17(20-12-10-18-11-13-20)19-15-8-4-5-9-16(15)22-14-6-2-1-3-7-14/h1-9,18H,10-13H2,(H,19,21). The van der Waals surface area contributed by atoms with Gasteiger partial charge in [0.15, 0.2) is 5.75 Å². The Morgan fingerprint density at radius 3 is 2.45 bits per heavy atom. The van der Waals surface area contributed by atoms with Gasteiger partial charge in [0, 0.05) is 26.2 Å². The molecule has 0 spiro atoms. The number of benzene rings is 2. The molecule has 1 heterocycles. The zero-order chi connectivity index (χ0) is 15.2. The van der Waals surface area contributed by atoms with Crippen LogP contribution in [0.4, 0.5) is 10.5 Å². The lowest BCUT2D eigenvalue weighted by Crippen LogP contribution is -2.48. The summed E-state index contributed by atoms with van der Waals surface area (Å²) in [6, 6.07) is 16.9. The molecule has 5 nitrogen and oxygen atoms in total. The summed E-state index contributed by atoms with van der Waals surface area (Å²) in [6.07, 6.45) is 0. The number of piperazine rings is 1. The minimum absolute atomic E-state index is 0.0920. The Bertz CT molecular complexity index is 625. The minimum Gasteiger partial charge on any atom is -0.455 e. The predicted molar refractivity (Wildman–Crippen MR) is 86.4 cm³/mol. The minimum atomic E-state index is -0.0920. The molecule has 0 aliphatic carbocycles. The molecule has 0 bridgehead atoms. The van der Waals surface area contributed by atoms with Crippen LogP contribution >= 0.6 is 0 Å². The smallest absolute Gasteiger partial charge is 0.322 e. The van der Waals surface area contributed by atoms with Crippen molar-refractivity contribution in [3.63, 3.8) is 0 Å². The third kappa shape index (κ3) is 3.56. The van der Waals surface area contributed by atoms with E-state index in [1.54, 1.807) is 4.90 Å². The van der Waals surface area contributed by atoms with E-state index >= 15 is 0 Å². The van der Waals surface area contributed by atoms with Gasteiger partial charge < -0.3 is 20.3 Å². The summed E-state index contributed by atoms with van der Waals surface area (Å²) in [5.74, 6) is 1.38. The van der Waals surface area contributed by atoms with E-state index in [2.05, 4.69) is 10.6 Å². The molecular formula is C17H19N3O2. The maximum atomic E-state index is 12.3. The van der Waals surface area contributed by atoms with Crippen molar-refractivity contribution < 1.29 is 9.53 Å². The Morgan fingerprint density at radius 2 is 1.68 bits per heavy atom. The first-order chi connectivity index (χ1) is 10.8. The topological polar surface area (TPSA) is 53.6 Å². The van der Waals surface area contributed by atoms with Crippen molar-refractivity contribution in [2.24, 2.45) is 0 Å². The third-order valence-corrected chi connectivity index (χ3v) is 3.50. The van der Waals surface area contributed by atoms with E-state index in [9.17, 15) is 4.79 Å². The molecule has 2 amide bonds. The molecule has 0 aromatic heterocycles. The van der Waals surface area contributed by atoms with Crippen LogP contribution in [0, 0.1) is 0 Å². The first-order valence-electron chi connectivity index (χ1n) is 7.41. The number of carbonyl (C=O) groups excluding carboxylic acids is 1. The lowest BCUT2D eigenvalue weighted by Gasteiger charge is -2.27. The Hall–Kier alpha value is -2.53. The largest absolute Gasteiger partial charge is 0.455 e. The lowest BCUT2D eigenvalue weighted by atomic mass is 10.3. The predicted octanol–water partition coefficient (Wildman–Crippen LogP) is 2.92. The Labute approximate surface area is 129 Å². The molecule has 1 aliphatic rings. The summed E-state index contributed by atoms with van der Waals surface area (Å²) in [4.78, 5) is 14.1. The Morgan fingerprint density at radius 1 is 1.00 bits per heavy atom. The van der Waals surface area contributed by atoms with Gasteiger partial charge in [0.2, 0.25) is 0 Å². The van der Waals surface area contributed by atoms with E-state index in [0.717, 1.165) is 18.8 Å². The van der Waals surface area contributed by atoms with E-state index in [1.165, 1.54) is 0 Å². The van der Waals surface area contributed by atoms with Gasteiger partial charge in [0.1, 0.15) is 5.75 Å². The Balaban J connectivity index is 1.72. The molecule has 1 saturated heterocycles. The second-order valence-electron chi connectivity index (χ2n) is 5.08. The van der Waals surface area contributed by atoms with Gasteiger partial charge in [-0.15, -0.1) is 0 Å². The molecule has 1 aliphatic heterocycles. The third-order valence-electron chi connectivity index (χ3n) is 3.50. The average molecular weight is 297 g/mol. The van der Waals surface area contributed by atoms with Crippen LogP contribution in [-0.2, 0) is 0 Å². The monoisotopic (exact) mass is 297 g/mol. The zero-order valence-corrected chi connectivity index (χ0v) is 12.3. The number of carbonyl (C=O) groups is 1. The summed E-state index contributed by atoms with van der Waals surface area (Å²) in [5, 5.41) is 6.17. The molecule has 2 N–H and O–H groups in total. The van der Waals surface area contributed by atoms with Gasteiger partial charge in [-0.1, -0.05) is 30.3 Å². The Kier molecular flexibility index (Phi) is 4.56. The fourth-order valence-corrected chi connectivity index (χ4v) is 2.34. The van der Waals surface area contributed by atoms with Gasteiger partial charge in [0.05, 0.1) is 5.69 Å². The van der Waals surface area contributed by atoms with E-state index in [1.807, 2.05) is 54.6 Å². The number of ether oxygens (including phenoxy) is 1. The second kappa shape index (κ2) is 6.95. The second-order valence-corrected chi connectivity index (χ2v) is 5.08. The van der Waals surface area contributed by atoms with Crippen molar-refractivity contribution in [3.05, 3.63) is 54.6 Å². The van der Waals surface area contributed by atoms with Crippen LogP contribution in [-0.4, -0.2) is 37.1 Å². The molecule has 0 radical (unpaired) electrons. The number of hydrogen-bond acceptors (Lipinski definition) is 3. The van der Waals surface area contributed by atoms with Gasteiger partial charge in [0.25, 0.3) is 0 Å². The number of rotatable bonds is 3. The van der Waals surface area contributed by atoms with Crippen LogP contribution in [0.3, 0.4) is 0 Å². The first-order valence-corrected chi connectivity index (χ1v) is 7.41. The van der Waals surface area contributed by atoms with Gasteiger partial charge in [-0.05, 0) is 24.3 Å². The highest BCUT2D eigenvalue weighted by Crippen LogP contribution is 2.29. The van der Waals surface area contributed by atoms with Crippen molar-refractivity contribution in [1.29, 1.82) is 0 Å². The summed E-state index contributed by atoms with van der Waals surface area (Å²) in [7, 11) is 0. The maximum Gasteiger partial charge on any atom is 0.322 e. The van der Waals surface area contributed by atoms with Crippen LogP contribution < -0.4 is 15.4 Å². The quantitative estimate of drug-likeness (QED) is 0.916. The van der Waals surface area contributed by atoms with Crippen LogP contribution in [0.25, 0.3) is 0 Å². The van der Waals surface area contributed by atoms with Gasteiger partial charge in [-0.3, -0.25) is 0 Å². The number of urea groups is 1. The molecule has 0 unspecified atom stereocenters. The number of amides is 2. The summed E-state index contributed by atoms with van der Waals surface area (Å²) in [5.41, 5.74) is 0.676. The molecular weight excluding hydrogens is 278 g/mol. The molecule has 2 aromatic carbocycles. The molecule has 0 saturated carbocycles. The molecule has 0 atom stereocenters. The number of nitrogens with zero attached hydrogens (tertiary/aromatic N) is 1. The maximum absolute atomic E-state index is 12.3. The summed E-state index contributed by atoms with van der Waals surface area (Å²) in [6.45, 7) is 3.09. The highest BCUT2D eigenvalue weighted by atomic mass is 16.5. The molecule has 114 valence electrons. The zero-order valence-electron chi connectivity index (χ0n) is 12.3. The molecule has 22 heavy (non-hydrogen) atoms. The number of para-hydroxylation sites is 3. The van der Waals surface area contributed by atoms with E-state index in [0.29, 0.717) is 24.5 Å². The van der Waals surface area contributed by atoms with Crippen LogP contribution in [0.15, 0.2) is 54.6 Å². The van der Waals surface area contributed by atoms with Gasteiger partial charge in [-0.25, -0.2) is 4.79 Å². The number of nitrogens with one attached hydrogen (secondary N) is 2. The van der Waals surface area contributed by atoms with E-state index < -0.39 is 0 Å². The van der Waals surface area contributed by atoms with E-state index in [4.69, 9.17) is 4.74 Å². The molecule has 5 heteroatoms. The number of hydrogen-bond donors (Lipinski definition) is 2. The average Bonchev–Trinajstić information content (AvgIpc) is 2.58. The van der Waals surface area contributed by atoms with Gasteiger partial charge >= 0.3 is 6.03 Å².